The summed E-state index contributed by atoms with van der Waals surface area (Å²) in [7, 11) is -3.09. The van der Waals surface area contributed by atoms with Gasteiger partial charge >= 0.3 is 0 Å². The molecule has 4 heteroatoms. The average molecular weight is 463 g/mol. The predicted octanol–water partition coefficient (Wildman–Crippen LogP) is 8.23. The Morgan fingerprint density at radius 3 is 2.13 bits per heavy atom. The first-order chi connectivity index (χ1) is 14.1. The highest BCUT2D eigenvalue weighted by atomic mass is 28.4. The SMILES string of the molecule is C[C@@H]1C[C@@H]2C=C(O[Si](C)(C)C)CCC2(C)C2CCC3(C)C(CC[C@@]3(C)O[Si](C)(C)C)C21. The third kappa shape index (κ3) is 4.05. The summed E-state index contributed by atoms with van der Waals surface area (Å²) in [6.07, 6.45) is 11.8. The van der Waals surface area contributed by atoms with Crippen LogP contribution in [-0.4, -0.2) is 22.2 Å². The summed E-state index contributed by atoms with van der Waals surface area (Å²) in [6.45, 7) is 24.4. The van der Waals surface area contributed by atoms with E-state index in [0.717, 1.165) is 30.1 Å². The third-order valence-electron chi connectivity index (χ3n) is 10.1. The van der Waals surface area contributed by atoms with E-state index >= 15 is 0 Å². The quantitative estimate of drug-likeness (QED) is 0.392. The summed E-state index contributed by atoms with van der Waals surface area (Å²) in [5.41, 5.74) is 0.890. The summed E-state index contributed by atoms with van der Waals surface area (Å²) in [6, 6.07) is 0. The van der Waals surface area contributed by atoms with Gasteiger partial charge in [-0.05, 0) is 131 Å². The molecule has 4 aliphatic rings. The highest BCUT2D eigenvalue weighted by Gasteiger charge is 2.65. The minimum absolute atomic E-state index is 0.0788. The molecule has 0 aromatic rings. The Balaban J connectivity index is 1.61. The van der Waals surface area contributed by atoms with E-state index in [9.17, 15) is 0 Å². The predicted molar refractivity (Wildman–Crippen MR) is 137 cm³/mol. The lowest BCUT2D eigenvalue weighted by Crippen LogP contribution is -2.59. The van der Waals surface area contributed by atoms with E-state index in [-0.39, 0.29) is 5.60 Å². The molecule has 2 nitrogen and oxygen atoms in total. The molecule has 0 N–H and O–H groups in total. The fraction of sp³-hybridized carbons (Fsp3) is 0.926. The van der Waals surface area contributed by atoms with Gasteiger partial charge in [-0.2, -0.15) is 0 Å². The smallest absolute Gasteiger partial charge is 0.241 e. The molecule has 0 aliphatic heterocycles. The molecule has 3 saturated carbocycles. The molecule has 0 aromatic carbocycles. The Labute approximate surface area is 195 Å². The van der Waals surface area contributed by atoms with Crippen LogP contribution < -0.4 is 0 Å². The maximum atomic E-state index is 6.98. The van der Waals surface area contributed by atoms with Gasteiger partial charge in [0.15, 0.2) is 8.32 Å². The van der Waals surface area contributed by atoms with Gasteiger partial charge in [0, 0.05) is 6.42 Å². The van der Waals surface area contributed by atoms with E-state index in [4.69, 9.17) is 8.85 Å². The first kappa shape index (κ1) is 24.1. The Kier molecular flexibility index (Phi) is 5.80. The highest BCUT2D eigenvalue weighted by molar-refractivity contribution is 6.70. The zero-order chi connectivity index (χ0) is 23.0. The molecule has 3 fully saturated rings. The topological polar surface area (TPSA) is 18.5 Å². The summed E-state index contributed by atoms with van der Waals surface area (Å²) in [5.74, 6) is 5.43. The van der Waals surface area contributed by atoms with Crippen molar-refractivity contribution in [2.75, 3.05) is 0 Å². The molecule has 5 unspecified atom stereocenters. The molecule has 0 heterocycles. The molecule has 0 saturated heterocycles. The van der Waals surface area contributed by atoms with E-state index in [2.05, 4.69) is 73.1 Å². The Bertz CT molecular complexity index is 734. The molecule has 31 heavy (non-hydrogen) atoms. The number of hydrogen-bond donors (Lipinski definition) is 0. The van der Waals surface area contributed by atoms with Crippen LogP contribution in [0.25, 0.3) is 0 Å². The fourth-order valence-corrected chi connectivity index (χ4v) is 11.4. The number of rotatable bonds is 4. The van der Waals surface area contributed by atoms with Crippen LogP contribution in [-0.2, 0) is 8.85 Å². The van der Waals surface area contributed by atoms with Gasteiger partial charge in [0.05, 0.1) is 11.4 Å². The largest absolute Gasteiger partial charge is 0.548 e. The number of allylic oxidation sites excluding steroid dienone is 2. The molecular weight excluding hydrogens is 412 g/mol. The summed E-state index contributed by atoms with van der Waals surface area (Å²) >= 11 is 0. The van der Waals surface area contributed by atoms with Crippen molar-refractivity contribution in [3.63, 3.8) is 0 Å². The molecule has 0 amide bonds. The van der Waals surface area contributed by atoms with Gasteiger partial charge in [-0.25, -0.2) is 0 Å². The van der Waals surface area contributed by atoms with Crippen molar-refractivity contribution in [1.82, 2.24) is 0 Å². The maximum absolute atomic E-state index is 6.98. The summed E-state index contributed by atoms with van der Waals surface area (Å²) in [4.78, 5) is 0. The van der Waals surface area contributed by atoms with Crippen LogP contribution in [0.4, 0.5) is 0 Å². The summed E-state index contributed by atoms with van der Waals surface area (Å²) < 4.78 is 13.5. The molecule has 0 radical (unpaired) electrons. The van der Waals surface area contributed by atoms with E-state index < -0.39 is 16.6 Å². The lowest BCUT2D eigenvalue weighted by atomic mass is 9.43. The van der Waals surface area contributed by atoms with Crippen LogP contribution in [0, 0.1) is 40.4 Å². The van der Waals surface area contributed by atoms with E-state index in [0.29, 0.717) is 16.7 Å². The normalized spacial score (nSPS) is 47.8. The van der Waals surface area contributed by atoms with Crippen LogP contribution in [0.5, 0.6) is 0 Å². The standard InChI is InChI=1S/C27H50O2Si2/c1-19-17-20-18-21(28-30(5,6)7)11-14-25(20,2)22-12-15-26(3)23(24(19)22)13-16-27(26,4)29-31(8,9)10/h18-20,22-24H,11-17H2,1-10H3/t19-,20-,22?,23?,24?,25?,26?,27-/m1/s1. The number of hydrogen-bond acceptors (Lipinski definition) is 2. The van der Waals surface area contributed by atoms with Crippen LogP contribution in [0.1, 0.15) is 72.6 Å². The van der Waals surface area contributed by atoms with Crippen molar-refractivity contribution >= 4 is 16.6 Å². The highest BCUT2D eigenvalue weighted by Crippen LogP contribution is 2.69. The molecule has 0 spiro atoms. The second kappa shape index (κ2) is 7.47. The van der Waals surface area contributed by atoms with Crippen molar-refractivity contribution < 1.29 is 8.85 Å². The van der Waals surface area contributed by atoms with Crippen LogP contribution in [0.2, 0.25) is 39.3 Å². The van der Waals surface area contributed by atoms with Crippen molar-refractivity contribution in [3.8, 4) is 0 Å². The van der Waals surface area contributed by atoms with Gasteiger partial charge < -0.3 is 8.85 Å². The lowest BCUT2D eigenvalue weighted by molar-refractivity contribution is -0.146. The minimum Gasteiger partial charge on any atom is -0.548 e. The average Bonchev–Trinajstić information content (AvgIpc) is 2.84. The Hall–Kier alpha value is -0.0662. The molecule has 8 atom stereocenters. The van der Waals surface area contributed by atoms with Crippen molar-refractivity contribution in [1.29, 1.82) is 0 Å². The molecular formula is C27H50O2Si2. The van der Waals surface area contributed by atoms with Gasteiger partial charge in [-0.1, -0.05) is 20.8 Å². The third-order valence-corrected chi connectivity index (χ3v) is 12.0. The van der Waals surface area contributed by atoms with Crippen molar-refractivity contribution in [3.05, 3.63) is 11.8 Å². The van der Waals surface area contributed by atoms with Gasteiger partial charge in [0.25, 0.3) is 0 Å². The molecule has 4 rings (SSSR count). The van der Waals surface area contributed by atoms with Gasteiger partial charge in [-0.3, -0.25) is 0 Å². The molecule has 0 bridgehead atoms. The molecule has 0 aromatic heterocycles. The van der Waals surface area contributed by atoms with Crippen LogP contribution >= 0.6 is 0 Å². The Morgan fingerprint density at radius 2 is 1.52 bits per heavy atom. The second-order valence-electron chi connectivity index (χ2n) is 14.4. The number of fused-ring (bicyclic) bond motifs is 5. The van der Waals surface area contributed by atoms with Crippen LogP contribution in [0.3, 0.4) is 0 Å². The van der Waals surface area contributed by atoms with E-state index in [1.165, 1.54) is 44.3 Å². The minimum atomic E-state index is -1.57. The molecule has 178 valence electrons. The van der Waals surface area contributed by atoms with Gasteiger partial charge in [0.2, 0.25) is 8.32 Å². The maximum Gasteiger partial charge on any atom is 0.241 e. The van der Waals surface area contributed by atoms with Crippen LogP contribution in [0.15, 0.2) is 11.8 Å². The zero-order valence-electron chi connectivity index (χ0n) is 22.2. The summed E-state index contributed by atoms with van der Waals surface area (Å²) in [5, 5.41) is 0. The van der Waals surface area contributed by atoms with Crippen molar-refractivity contribution in [2.45, 2.75) is 118 Å². The fourth-order valence-electron chi connectivity index (χ4n) is 8.74. The monoisotopic (exact) mass is 462 g/mol. The second-order valence-corrected chi connectivity index (χ2v) is 23.3. The Morgan fingerprint density at radius 1 is 0.871 bits per heavy atom. The lowest BCUT2D eigenvalue weighted by Gasteiger charge is -2.63. The van der Waals surface area contributed by atoms with Gasteiger partial charge in [-0.15, -0.1) is 0 Å². The van der Waals surface area contributed by atoms with E-state index in [1.54, 1.807) is 0 Å². The van der Waals surface area contributed by atoms with E-state index in [1.807, 2.05) is 0 Å². The van der Waals surface area contributed by atoms with Gasteiger partial charge in [0.1, 0.15) is 0 Å². The first-order valence-electron chi connectivity index (χ1n) is 13.2. The first-order valence-corrected chi connectivity index (χ1v) is 20.0. The van der Waals surface area contributed by atoms with Crippen molar-refractivity contribution in [2.24, 2.45) is 40.4 Å². The molecule has 4 aliphatic carbocycles. The zero-order valence-corrected chi connectivity index (χ0v) is 24.2.